The molecule has 3 aromatic carbocycles. The van der Waals surface area contributed by atoms with Gasteiger partial charge in [0.15, 0.2) is 9.84 Å². The van der Waals surface area contributed by atoms with Crippen LogP contribution in [0.1, 0.15) is 16.7 Å². The molecule has 0 aliphatic heterocycles. The molecule has 0 atom stereocenters. The summed E-state index contributed by atoms with van der Waals surface area (Å²) in [6.45, 7) is 0.358. The van der Waals surface area contributed by atoms with Gasteiger partial charge in [0.1, 0.15) is 5.75 Å². The molecule has 8 nitrogen and oxygen atoms in total. The minimum absolute atomic E-state index is 0.00970. The average molecular weight is 500 g/mol. The summed E-state index contributed by atoms with van der Waals surface area (Å²) in [4.78, 5) is 12.7. The van der Waals surface area contributed by atoms with Crippen molar-refractivity contribution in [1.29, 1.82) is 0 Å². The van der Waals surface area contributed by atoms with Crippen molar-refractivity contribution in [2.24, 2.45) is 0 Å². The number of aromatic nitrogens is 2. The Morgan fingerprint density at radius 2 is 1.79 bits per heavy atom. The third kappa shape index (κ3) is 5.39. The molecule has 0 aliphatic rings. The van der Waals surface area contributed by atoms with Crippen LogP contribution in [0.15, 0.2) is 65.7 Å². The van der Waals surface area contributed by atoms with Crippen LogP contribution in [0.2, 0.25) is 5.02 Å². The van der Waals surface area contributed by atoms with Gasteiger partial charge in [0.2, 0.25) is 5.91 Å². The van der Waals surface area contributed by atoms with E-state index < -0.39 is 15.7 Å². The number of nitrogens with zero attached hydrogens (tertiary/aromatic N) is 2. The van der Waals surface area contributed by atoms with Gasteiger partial charge in [-0.25, -0.2) is 8.42 Å². The molecule has 0 saturated heterocycles. The molecule has 4 rings (SSSR count). The molecule has 1 aromatic heterocycles. The lowest BCUT2D eigenvalue weighted by Gasteiger charge is -2.09. The molecule has 176 valence electrons. The van der Waals surface area contributed by atoms with Gasteiger partial charge in [0, 0.05) is 28.5 Å². The molecule has 34 heavy (non-hydrogen) atoms. The lowest BCUT2D eigenvalue weighted by atomic mass is 10.1. The number of halogens is 1. The number of aliphatic hydroxyl groups excluding tert-OH is 1. The van der Waals surface area contributed by atoms with E-state index in [2.05, 4.69) is 10.4 Å². The van der Waals surface area contributed by atoms with E-state index in [0.29, 0.717) is 28.0 Å². The SMILES string of the molecule is CS(=O)(=O)c1cc(NC(=O)Cc2cc(O)ccc2Cl)cc2nn(Cc3ccc(CO)cc3)cc12. The maximum atomic E-state index is 12.6. The number of rotatable bonds is 7. The molecule has 0 saturated carbocycles. The van der Waals surface area contributed by atoms with Crippen LogP contribution in [0.5, 0.6) is 5.75 Å². The largest absolute Gasteiger partial charge is 0.508 e. The van der Waals surface area contributed by atoms with Crippen molar-refractivity contribution in [3.8, 4) is 5.75 Å². The fraction of sp³-hybridized carbons (Fsp3) is 0.167. The zero-order valence-electron chi connectivity index (χ0n) is 18.2. The van der Waals surface area contributed by atoms with Crippen LogP contribution in [0.25, 0.3) is 10.9 Å². The number of phenols is 1. The monoisotopic (exact) mass is 499 g/mol. The minimum Gasteiger partial charge on any atom is -0.508 e. The number of aromatic hydroxyl groups is 1. The van der Waals surface area contributed by atoms with E-state index in [9.17, 15) is 23.4 Å². The summed E-state index contributed by atoms with van der Waals surface area (Å²) in [6.07, 6.45) is 2.66. The summed E-state index contributed by atoms with van der Waals surface area (Å²) >= 11 is 6.10. The molecule has 0 aliphatic carbocycles. The van der Waals surface area contributed by atoms with E-state index in [0.717, 1.165) is 17.4 Å². The lowest BCUT2D eigenvalue weighted by molar-refractivity contribution is -0.115. The summed E-state index contributed by atoms with van der Waals surface area (Å²) in [5.74, 6) is -0.431. The third-order valence-corrected chi connectivity index (χ3v) is 6.75. The standard InChI is InChI=1S/C24H22ClN3O5S/c1-34(32,33)23-11-18(26-24(31)9-17-8-19(30)6-7-21(17)25)10-22-20(23)13-28(27-22)12-15-2-4-16(14-29)5-3-15/h2-8,10-11,13,29-30H,9,12,14H2,1H3,(H,26,31). The molecule has 0 unspecified atom stereocenters. The van der Waals surface area contributed by atoms with Gasteiger partial charge in [-0.15, -0.1) is 0 Å². The summed E-state index contributed by atoms with van der Waals surface area (Å²) in [7, 11) is -3.61. The Morgan fingerprint density at radius 3 is 2.47 bits per heavy atom. The fourth-order valence-corrected chi connectivity index (χ4v) is 4.69. The van der Waals surface area contributed by atoms with E-state index in [1.54, 1.807) is 16.9 Å². The first-order chi connectivity index (χ1) is 16.1. The van der Waals surface area contributed by atoms with Gasteiger partial charge in [-0.3, -0.25) is 9.48 Å². The van der Waals surface area contributed by atoms with Gasteiger partial charge >= 0.3 is 0 Å². The summed E-state index contributed by atoms with van der Waals surface area (Å²) in [5.41, 5.74) is 2.87. The first kappa shape index (κ1) is 23.7. The first-order valence-electron chi connectivity index (χ1n) is 10.3. The fourth-order valence-electron chi connectivity index (χ4n) is 3.61. The molecule has 10 heteroatoms. The predicted octanol–water partition coefficient (Wildman–Crippen LogP) is 3.52. The second-order valence-electron chi connectivity index (χ2n) is 7.98. The first-order valence-corrected chi connectivity index (χ1v) is 12.6. The van der Waals surface area contributed by atoms with E-state index in [-0.39, 0.29) is 29.4 Å². The van der Waals surface area contributed by atoms with Crippen molar-refractivity contribution >= 4 is 43.9 Å². The number of aliphatic hydroxyl groups is 1. The molecule has 0 spiro atoms. The van der Waals surface area contributed by atoms with Crippen molar-refractivity contribution in [2.75, 3.05) is 11.6 Å². The van der Waals surface area contributed by atoms with Crippen molar-refractivity contribution in [3.05, 3.63) is 82.5 Å². The second kappa shape index (κ2) is 9.46. The quantitative estimate of drug-likeness (QED) is 0.357. The molecule has 0 fully saturated rings. The summed E-state index contributed by atoms with van der Waals surface area (Å²) in [5, 5.41) is 26.8. The third-order valence-electron chi connectivity index (χ3n) is 5.25. The number of benzene rings is 3. The van der Waals surface area contributed by atoms with Crippen LogP contribution in [-0.2, 0) is 34.2 Å². The Morgan fingerprint density at radius 1 is 1.09 bits per heavy atom. The number of hydrogen-bond acceptors (Lipinski definition) is 6. The zero-order valence-corrected chi connectivity index (χ0v) is 19.8. The summed E-state index contributed by atoms with van der Waals surface area (Å²) in [6, 6.07) is 14.7. The Hall–Kier alpha value is -3.40. The Balaban J connectivity index is 1.63. The molecular formula is C24H22ClN3O5S. The van der Waals surface area contributed by atoms with Gasteiger partial charge < -0.3 is 15.5 Å². The molecule has 0 bridgehead atoms. The smallest absolute Gasteiger partial charge is 0.228 e. The van der Waals surface area contributed by atoms with Crippen LogP contribution in [0.3, 0.4) is 0 Å². The number of nitrogens with one attached hydrogen (secondary N) is 1. The van der Waals surface area contributed by atoms with E-state index in [4.69, 9.17) is 11.6 Å². The highest BCUT2D eigenvalue weighted by atomic mass is 35.5. The van der Waals surface area contributed by atoms with Crippen LogP contribution in [-0.4, -0.2) is 40.6 Å². The van der Waals surface area contributed by atoms with Crippen molar-refractivity contribution in [2.45, 2.75) is 24.5 Å². The topological polar surface area (TPSA) is 122 Å². The molecule has 1 heterocycles. The van der Waals surface area contributed by atoms with Gasteiger partial charge in [-0.05, 0) is 47.0 Å². The van der Waals surface area contributed by atoms with Crippen molar-refractivity contribution in [1.82, 2.24) is 9.78 Å². The van der Waals surface area contributed by atoms with Gasteiger partial charge in [-0.2, -0.15) is 5.10 Å². The van der Waals surface area contributed by atoms with Crippen LogP contribution in [0, 0.1) is 0 Å². The molecular weight excluding hydrogens is 478 g/mol. The van der Waals surface area contributed by atoms with Gasteiger partial charge in [-0.1, -0.05) is 35.9 Å². The average Bonchev–Trinajstić information content (AvgIpc) is 3.17. The Bertz CT molecular complexity index is 1480. The van der Waals surface area contributed by atoms with E-state index in [1.807, 2.05) is 24.3 Å². The second-order valence-corrected chi connectivity index (χ2v) is 10.4. The Labute approximate surface area is 201 Å². The highest BCUT2D eigenvalue weighted by molar-refractivity contribution is 7.91. The van der Waals surface area contributed by atoms with Gasteiger partial charge in [0.25, 0.3) is 0 Å². The minimum atomic E-state index is -3.61. The summed E-state index contributed by atoms with van der Waals surface area (Å²) < 4.78 is 26.6. The highest BCUT2D eigenvalue weighted by Gasteiger charge is 2.18. The Kier molecular flexibility index (Phi) is 6.60. The predicted molar refractivity (Wildman–Crippen MR) is 130 cm³/mol. The number of hydrogen-bond donors (Lipinski definition) is 3. The normalized spacial score (nSPS) is 11.6. The number of anilines is 1. The maximum Gasteiger partial charge on any atom is 0.228 e. The van der Waals surface area contributed by atoms with Crippen LogP contribution in [0.4, 0.5) is 5.69 Å². The van der Waals surface area contributed by atoms with E-state index >= 15 is 0 Å². The number of carbonyl (C=O) groups is 1. The molecule has 4 aromatic rings. The highest BCUT2D eigenvalue weighted by Crippen LogP contribution is 2.28. The zero-order chi connectivity index (χ0) is 24.5. The number of sulfone groups is 1. The van der Waals surface area contributed by atoms with Crippen LogP contribution < -0.4 is 5.32 Å². The molecule has 3 N–H and O–H groups in total. The number of carbonyl (C=O) groups excluding carboxylic acids is 1. The number of fused-ring (bicyclic) bond motifs is 1. The number of amides is 1. The molecule has 1 amide bonds. The number of phenolic OH excluding ortho intramolecular Hbond substituents is 1. The van der Waals surface area contributed by atoms with E-state index in [1.165, 1.54) is 24.3 Å². The lowest BCUT2D eigenvalue weighted by Crippen LogP contribution is -2.15. The molecule has 0 radical (unpaired) electrons. The van der Waals surface area contributed by atoms with Crippen LogP contribution >= 0.6 is 11.6 Å². The van der Waals surface area contributed by atoms with Gasteiger partial charge in [0.05, 0.1) is 30.0 Å². The van der Waals surface area contributed by atoms with Crippen molar-refractivity contribution < 1.29 is 23.4 Å². The maximum absolute atomic E-state index is 12.6. The van der Waals surface area contributed by atoms with Crippen molar-refractivity contribution in [3.63, 3.8) is 0 Å².